The zero-order chi connectivity index (χ0) is 63.7. The predicted molar refractivity (Wildman–Crippen MR) is 343 cm³/mol. The number of hydrogen-bond donors (Lipinski definition) is 1. The van der Waals surface area contributed by atoms with Crippen LogP contribution in [-0.4, -0.2) is 137 Å². The Bertz CT molecular complexity index is 1880. The van der Waals surface area contributed by atoms with Crippen molar-refractivity contribution in [1.29, 1.82) is 0 Å². The number of hydrogen-bond acceptors (Lipinski definition) is 28. The van der Waals surface area contributed by atoms with Crippen LogP contribution in [0.3, 0.4) is 0 Å². The molecule has 0 fully saturated rings. The summed E-state index contributed by atoms with van der Waals surface area (Å²) in [7, 11) is -3.63. The third-order valence-corrected chi connectivity index (χ3v) is 35.4. The maximum absolute atomic E-state index is 14.9. The number of aliphatic carboxylic acids is 1. The van der Waals surface area contributed by atoms with Gasteiger partial charge in [0.05, 0.1) is 98.0 Å². The van der Waals surface area contributed by atoms with Gasteiger partial charge in [-0.15, -0.1) is 0 Å². The molecule has 0 aliphatic rings. The summed E-state index contributed by atoms with van der Waals surface area (Å²) >= 11 is 4.68. The van der Waals surface area contributed by atoms with Gasteiger partial charge >= 0.3 is 54.4 Å². The van der Waals surface area contributed by atoms with E-state index in [1.165, 1.54) is 13.8 Å². The number of rotatable bonds is 50. The molecule has 0 saturated heterocycles. The van der Waals surface area contributed by atoms with E-state index in [0.29, 0.717) is 22.8 Å². The molecular formula is C46H99O23P7S6. The zero-order valence-electron chi connectivity index (χ0n) is 52.0. The van der Waals surface area contributed by atoms with Crippen molar-refractivity contribution in [3.05, 3.63) is 0 Å². The van der Waals surface area contributed by atoms with Crippen LogP contribution in [0.5, 0.6) is 0 Å². The van der Waals surface area contributed by atoms with Crippen LogP contribution in [0.2, 0.25) is 0 Å². The van der Waals surface area contributed by atoms with Gasteiger partial charge in [0.2, 0.25) is 0 Å². The predicted octanol–water partition coefficient (Wildman–Crippen LogP) is 18.9. The normalized spacial score (nSPS) is 17.9. The first kappa shape index (κ1) is 84.6. The van der Waals surface area contributed by atoms with Gasteiger partial charge in [-0.2, -0.15) is 0 Å². The number of carboxylic acid groups (broad SMARTS) is 1. The van der Waals surface area contributed by atoms with E-state index >= 15 is 0 Å². The second kappa shape index (κ2) is 40.6. The van der Waals surface area contributed by atoms with Crippen molar-refractivity contribution >= 4 is 123 Å². The van der Waals surface area contributed by atoms with Crippen molar-refractivity contribution in [2.75, 3.05) is 40.7 Å². The highest BCUT2D eigenvalue weighted by molar-refractivity contribution is 8.57. The first-order chi connectivity index (χ1) is 37.4. The quantitative estimate of drug-likeness (QED) is 0.0554. The molecule has 36 heteroatoms. The summed E-state index contributed by atoms with van der Waals surface area (Å²) < 4.78 is 181. The SMILES string of the molecule is CC(C)OP(=O)(CCC(C)OP(=O)(OC(C)CSP(=O)(OC(C)C)OC(C)C)SCC(C)OP(=O)(OC(C)CSP(=O)(OC(C)CSP(=O)(OC(C)C)OC(C)C)OC(C)CSP(=O)(OC(C)C)OC(C)C)SCCC(=O)O)OC(C)C. The summed E-state index contributed by atoms with van der Waals surface area (Å²) in [5.74, 6) is -1.78. The molecule has 82 heavy (non-hydrogen) atoms. The van der Waals surface area contributed by atoms with E-state index in [1.807, 2.05) is 0 Å². The standard InChI is InChI=1S/C46H99O23P7S6/c1-32(2)56-70(49,57-33(3)4)25-23-40(17)64-75(54,67-43(20)27-78-71(50,58-34(5)6)59-35(7)8)81-30-41(18)65-74(53,77-26-24-46(47)48)66-42(19)31-82-76(55,68-44(21)28-79-72(51,60-36(9)10)61-37(11)12)69-45(22)29-80-73(52,62-38(13)14)63-39(15)16/h32-45H,23-31H2,1-22H3,(H,47,48). The van der Waals surface area contributed by atoms with Crippen molar-refractivity contribution in [3.63, 3.8) is 0 Å². The van der Waals surface area contributed by atoms with Gasteiger partial charge in [0.15, 0.2) is 0 Å². The molecule has 1 N–H and O–H groups in total. The number of carboxylic acids is 1. The molecule has 0 rings (SSSR count). The summed E-state index contributed by atoms with van der Waals surface area (Å²) in [6.45, 7) is 13.0. The van der Waals surface area contributed by atoms with Crippen LogP contribution in [0.15, 0.2) is 0 Å². The Morgan fingerprint density at radius 3 is 0.707 bits per heavy atom. The van der Waals surface area contributed by atoms with Gasteiger partial charge in [0.1, 0.15) is 0 Å². The fourth-order valence-corrected chi connectivity index (χ4v) is 33.5. The summed E-state index contributed by atoms with van der Waals surface area (Å²) in [5.41, 5.74) is 0. The van der Waals surface area contributed by atoms with Crippen LogP contribution in [-0.2, 0) is 100 Å². The minimum Gasteiger partial charge on any atom is -0.481 e. The first-order valence-corrected chi connectivity index (χ1v) is 47.7. The molecule has 8 atom stereocenters. The average Bonchev–Trinajstić information content (AvgIpc) is 3.25. The second-order valence-corrected chi connectivity index (χ2v) is 47.3. The van der Waals surface area contributed by atoms with Crippen molar-refractivity contribution in [3.8, 4) is 0 Å². The monoisotopic (exact) mass is 1430 g/mol. The maximum atomic E-state index is 14.9. The number of carbonyl (C=O) groups is 1. The second-order valence-electron chi connectivity index (χ2n) is 21.0. The fourth-order valence-electron chi connectivity index (χ4n) is 5.93. The topological polar surface area (TPSA) is 286 Å². The lowest BCUT2D eigenvalue weighted by molar-refractivity contribution is -0.136. The Morgan fingerprint density at radius 2 is 0.500 bits per heavy atom. The van der Waals surface area contributed by atoms with Gasteiger partial charge in [-0.25, -0.2) is 27.4 Å². The molecule has 0 aromatic carbocycles. The molecule has 0 amide bonds. The van der Waals surface area contributed by atoms with E-state index in [9.17, 15) is 41.9 Å². The Balaban J connectivity index is 6.91. The van der Waals surface area contributed by atoms with Gasteiger partial charge in [-0.05, 0) is 227 Å². The van der Waals surface area contributed by atoms with E-state index in [4.69, 9.17) is 63.3 Å². The van der Waals surface area contributed by atoms with Gasteiger partial charge in [-0.3, -0.25) is 63.6 Å². The Labute approximate surface area is 515 Å². The summed E-state index contributed by atoms with van der Waals surface area (Å²) in [6.07, 6.45) is -9.46. The molecular weight excluding hydrogens is 1330 g/mol. The molecule has 23 nitrogen and oxygen atoms in total. The summed E-state index contributed by atoms with van der Waals surface area (Å²) in [5, 5.41) is 9.52. The first-order valence-electron chi connectivity index (χ1n) is 27.2. The molecule has 0 heterocycles. The fraction of sp³-hybridized carbons (Fsp3) is 0.978. The van der Waals surface area contributed by atoms with Crippen LogP contribution in [0, 0.1) is 0 Å². The molecule has 8 unspecified atom stereocenters. The van der Waals surface area contributed by atoms with Crippen molar-refractivity contribution in [2.45, 2.75) is 251 Å². The Kier molecular flexibility index (Phi) is 41.9. The Morgan fingerprint density at radius 1 is 0.305 bits per heavy atom. The molecule has 492 valence electrons. The highest BCUT2D eigenvalue weighted by atomic mass is 32.7. The highest BCUT2D eigenvalue weighted by Crippen LogP contribution is 2.70. The van der Waals surface area contributed by atoms with Crippen LogP contribution in [0.1, 0.15) is 165 Å². The van der Waals surface area contributed by atoms with Gasteiger partial charge in [-0.1, -0.05) is 0 Å². The van der Waals surface area contributed by atoms with E-state index in [0.717, 1.165) is 45.5 Å². The largest absolute Gasteiger partial charge is 0.481 e. The van der Waals surface area contributed by atoms with Crippen LogP contribution in [0.25, 0.3) is 0 Å². The average molecular weight is 1430 g/mol. The van der Waals surface area contributed by atoms with Crippen molar-refractivity contribution in [2.24, 2.45) is 0 Å². The molecule has 0 aromatic rings. The lowest BCUT2D eigenvalue weighted by atomic mass is 10.3. The molecule has 0 saturated carbocycles. The molecule has 0 radical (unpaired) electrons. The highest BCUT2D eigenvalue weighted by Gasteiger charge is 2.41. The third-order valence-electron chi connectivity index (χ3n) is 8.35. The smallest absolute Gasteiger partial charge is 0.389 e. The molecule has 0 aliphatic heterocycles. The van der Waals surface area contributed by atoms with Gasteiger partial charge < -0.3 is 14.2 Å². The van der Waals surface area contributed by atoms with E-state index in [-0.39, 0.29) is 47.1 Å². The van der Waals surface area contributed by atoms with Crippen LogP contribution >= 0.6 is 117 Å². The lowest BCUT2D eigenvalue weighted by Gasteiger charge is -2.29. The summed E-state index contributed by atoms with van der Waals surface area (Å²) in [6, 6.07) is 0. The van der Waals surface area contributed by atoms with E-state index in [2.05, 4.69) is 0 Å². The van der Waals surface area contributed by atoms with Crippen LogP contribution < -0.4 is 0 Å². The van der Waals surface area contributed by atoms with Crippen LogP contribution in [0.4, 0.5) is 0 Å². The third kappa shape index (κ3) is 41.2. The minimum absolute atomic E-state index is 0.00612. The molecule has 0 spiro atoms. The zero-order valence-corrected chi connectivity index (χ0v) is 63.1. The molecule has 0 aromatic heterocycles. The van der Waals surface area contributed by atoms with Crippen molar-refractivity contribution < 1.29 is 105 Å². The van der Waals surface area contributed by atoms with Crippen molar-refractivity contribution in [1.82, 2.24) is 0 Å². The lowest BCUT2D eigenvalue weighted by Crippen LogP contribution is -2.19. The molecule has 0 aliphatic carbocycles. The van der Waals surface area contributed by atoms with E-state index in [1.54, 1.807) is 138 Å². The van der Waals surface area contributed by atoms with E-state index < -0.39 is 146 Å². The van der Waals surface area contributed by atoms with Gasteiger partial charge in [0, 0.05) is 34.5 Å². The maximum Gasteiger partial charge on any atom is 0.389 e. The minimum atomic E-state index is -4.34. The van der Waals surface area contributed by atoms with Gasteiger partial charge in [0.25, 0.3) is 0 Å². The summed E-state index contributed by atoms with van der Waals surface area (Å²) in [4.78, 5) is 11.7. The molecule has 0 bridgehead atoms. The Hall–Kier alpha value is 2.62.